The van der Waals surface area contributed by atoms with Gasteiger partial charge in [-0.05, 0) is 56.7 Å². The number of nitrogens with zero attached hydrogens (tertiary/aromatic N) is 5. The van der Waals surface area contributed by atoms with Crippen molar-refractivity contribution in [1.29, 1.82) is 0 Å². The second-order valence-corrected chi connectivity index (χ2v) is 8.25. The monoisotopic (exact) mass is 421 g/mol. The molecular weight excluding hydrogens is 398 g/mol. The van der Waals surface area contributed by atoms with Crippen molar-refractivity contribution in [2.24, 2.45) is 0 Å². The van der Waals surface area contributed by atoms with E-state index in [2.05, 4.69) is 33.6 Å². The predicted molar refractivity (Wildman–Crippen MR) is 118 cm³/mol. The molecule has 8 heteroatoms. The number of ether oxygens (including phenoxy) is 1. The van der Waals surface area contributed by atoms with Gasteiger partial charge in [0.2, 0.25) is 0 Å². The van der Waals surface area contributed by atoms with Gasteiger partial charge in [0.25, 0.3) is 5.56 Å². The number of fused-ring (bicyclic) bond motifs is 1. The number of rotatable bonds is 6. The van der Waals surface area contributed by atoms with Crippen LogP contribution in [0, 0.1) is 6.92 Å². The Balaban J connectivity index is 1.62. The van der Waals surface area contributed by atoms with Crippen LogP contribution in [0.3, 0.4) is 0 Å². The van der Waals surface area contributed by atoms with Crippen LogP contribution < -0.4 is 10.3 Å². The van der Waals surface area contributed by atoms with E-state index >= 15 is 0 Å². The molecular formula is C22H23N5O2S. The van der Waals surface area contributed by atoms with Crippen LogP contribution in [0.2, 0.25) is 0 Å². The molecule has 3 aromatic heterocycles. The van der Waals surface area contributed by atoms with Gasteiger partial charge in [0, 0.05) is 29.6 Å². The lowest BCUT2D eigenvalue weighted by molar-refractivity contribution is 0.415. The maximum Gasteiger partial charge on any atom is 0.258 e. The average molecular weight is 422 g/mol. The van der Waals surface area contributed by atoms with Crippen molar-refractivity contribution in [2.45, 2.75) is 37.7 Å². The van der Waals surface area contributed by atoms with Crippen molar-refractivity contribution in [3.8, 4) is 17.1 Å². The molecule has 0 unspecified atom stereocenters. The number of benzene rings is 1. The number of pyridine rings is 1. The number of hydrogen-bond acceptors (Lipinski definition) is 6. The third kappa shape index (κ3) is 3.95. The van der Waals surface area contributed by atoms with Crippen molar-refractivity contribution < 1.29 is 4.74 Å². The molecule has 4 aromatic rings. The summed E-state index contributed by atoms with van der Waals surface area (Å²) in [5, 5.41) is 9.61. The highest BCUT2D eigenvalue weighted by Crippen LogP contribution is 2.30. The van der Waals surface area contributed by atoms with Gasteiger partial charge in [0.15, 0.2) is 11.0 Å². The largest absolute Gasteiger partial charge is 0.497 e. The molecule has 0 saturated carbocycles. The Labute approximate surface area is 178 Å². The normalized spacial score (nSPS) is 11.4. The standard InChI is InChI=1S/C22H23N5O2S/c1-14(2)27-21(16-6-8-18(29-4)9-7-16)24-25-22(27)30-13-17-11-20(28)26-12-15(3)5-10-19(26)23-17/h5-12,14H,13H2,1-4H3. The first kappa shape index (κ1) is 20.2. The second-order valence-electron chi connectivity index (χ2n) is 7.31. The number of aryl methyl sites for hydroxylation is 1. The summed E-state index contributed by atoms with van der Waals surface area (Å²) < 4.78 is 8.91. The summed E-state index contributed by atoms with van der Waals surface area (Å²) in [5.41, 5.74) is 3.28. The second kappa shape index (κ2) is 8.31. The Morgan fingerprint density at radius 3 is 2.57 bits per heavy atom. The van der Waals surface area contributed by atoms with Crippen LogP contribution in [0.25, 0.3) is 17.0 Å². The molecule has 30 heavy (non-hydrogen) atoms. The molecule has 0 N–H and O–H groups in total. The molecule has 0 aliphatic heterocycles. The number of aromatic nitrogens is 5. The van der Waals surface area contributed by atoms with E-state index in [1.54, 1.807) is 23.8 Å². The highest BCUT2D eigenvalue weighted by atomic mass is 32.2. The van der Waals surface area contributed by atoms with E-state index in [0.717, 1.165) is 33.6 Å². The molecule has 0 fully saturated rings. The highest BCUT2D eigenvalue weighted by molar-refractivity contribution is 7.98. The van der Waals surface area contributed by atoms with E-state index in [0.29, 0.717) is 11.4 Å². The van der Waals surface area contributed by atoms with Gasteiger partial charge in [-0.2, -0.15) is 0 Å². The molecule has 0 atom stereocenters. The van der Waals surface area contributed by atoms with E-state index in [1.807, 2.05) is 43.3 Å². The molecule has 0 saturated heterocycles. The van der Waals surface area contributed by atoms with Crippen LogP contribution >= 0.6 is 11.8 Å². The summed E-state index contributed by atoms with van der Waals surface area (Å²) in [6.45, 7) is 6.15. The van der Waals surface area contributed by atoms with E-state index in [-0.39, 0.29) is 11.6 Å². The fourth-order valence-electron chi connectivity index (χ4n) is 3.25. The first-order valence-corrected chi connectivity index (χ1v) is 10.7. The van der Waals surface area contributed by atoms with Gasteiger partial charge in [-0.25, -0.2) is 4.98 Å². The number of hydrogen-bond donors (Lipinski definition) is 0. The SMILES string of the molecule is COc1ccc(-c2nnc(SCc3cc(=O)n4cc(C)ccc4n3)n2C(C)C)cc1. The molecule has 0 spiro atoms. The van der Waals surface area contributed by atoms with Crippen molar-refractivity contribution in [2.75, 3.05) is 7.11 Å². The van der Waals surface area contributed by atoms with E-state index < -0.39 is 0 Å². The van der Waals surface area contributed by atoms with Gasteiger partial charge in [-0.3, -0.25) is 13.8 Å². The topological polar surface area (TPSA) is 74.3 Å². The molecule has 154 valence electrons. The van der Waals surface area contributed by atoms with Gasteiger partial charge >= 0.3 is 0 Å². The first-order chi connectivity index (χ1) is 14.5. The lowest BCUT2D eigenvalue weighted by Crippen LogP contribution is -2.15. The summed E-state index contributed by atoms with van der Waals surface area (Å²) in [4.78, 5) is 17.1. The zero-order chi connectivity index (χ0) is 21.3. The molecule has 1 aromatic carbocycles. The zero-order valence-electron chi connectivity index (χ0n) is 17.4. The van der Waals surface area contributed by atoms with E-state index in [4.69, 9.17) is 4.74 Å². The maximum absolute atomic E-state index is 12.4. The van der Waals surface area contributed by atoms with Gasteiger partial charge in [-0.15, -0.1) is 10.2 Å². The van der Waals surface area contributed by atoms with E-state index in [9.17, 15) is 4.79 Å². The smallest absolute Gasteiger partial charge is 0.258 e. The minimum absolute atomic E-state index is 0.0800. The van der Waals surface area contributed by atoms with Gasteiger partial charge in [-0.1, -0.05) is 17.8 Å². The molecule has 0 aliphatic carbocycles. The summed E-state index contributed by atoms with van der Waals surface area (Å²) in [6.07, 6.45) is 1.80. The van der Waals surface area contributed by atoms with Crippen molar-refractivity contribution in [3.05, 3.63) is 70.3 Å². The molecule has 0 radical (unpaired) electrons. The van der Waals surface area contributed by atoms with Gasteiger partial charge < -0.3 is 4.74 Å². The average Bonchev–Trinajstić information content (AvgIpc) is 3.17. The summed E-state index contributed by atoms with van der Waals surface area (Å²) >= 11 is 1.53. The summed E-state index contributed by atoms with van der Waals surface area (Å²) in [5.74, 6) is 2.14. The quantitative estimate of drug-likeness (QED) is 0.436. The molecule has 4 rings (SSSR count). The molecule has 3 heterocycles. The van der Waals surface area contributed by atoms with Crippen LogP contribution in [0.5, 0.6) is 5.75 Å². The third-order valence-electron chi connectivity index (χ3n) is 4.74. The maximum atomic E-state index is 12.4. The fourth-order valence-corrected chi connectivity index (χ4v) is 4.21. The summed E-state index contributed by atoms with van der Waals surface area (Å²) in [6, 6.07) is 13.4. The third-order valence-corrected chi connectivity index (χ3v) is 5.72. The van der Waals surface area contributed by atoms with Crippen LogP contribution in [0.15, 0.2) is 58.6 Å². The minimum atomic E-state index is -0.0800. The van der Waals surface area contributed by atoms with Crippen LogP contribution in [0.4, 0.5) is 0 Å². The lowest BCUT2D eigenvalue weighted by Gasteiger charge is -2.14. The van der Waals surface area contributed by atoms with E-state index in [1.165, 1.54) is 11.8 Å². The fraction of sp³-hybridized carbons (Fsp3) is 0.273. The Hall–Kier alpha value is -3.13. The van der Waals surface area contributed by atoms with Crippen LogP contribution in [0.1, 0.15) is 31.1 Å². The Kier molecular flexibility index (Phi) is 5.59. The molecule has 7 nitrogen and oxygen atoms in total. The summed E-state index contributed by atoms with van der Waals surface area (Å²) in [7, 11) is 1.65. The van der Waals surface area contributed by atoms with Crippen LogP contribution in [-0.4, -0.2) is 31.3 Å². The Morgan fingerprint density at radius 2 is 1.87 bits per heavy atom. The van der Waals surface area contributed by atoms with Crippen LogP contribution in [-0.2, 0) is 5.75 Å². The number of thioether (sulfide) groups is 1. The van der Waals surface area contributed by atoms with Crippen molar-refractivity contribution in [1.82, 2.24) is 24.1 Å². The zero-order valence-corrected chi connectivity index (χ0v) is 18.2. The van der Waals surface area contributed by atoms with Gasteiger partial charge in [0.05, 0.1) is 12.8 Å². The minimum Gasteiger partial charge on any atom is -0.497 e. The Morgan fingerprint density at radius 1 is 1.10 bits per heavy atom. The Bertz CT molecular complexity index is 1240. The first-order valence-electron chi connectivity index (χ1n) is 9.67. The lowest BCUT2D eigenvalue weighted by atomic mass is 10.2. The molecule has 0 bridgehead atoms. The van der Waals surface area contributed by atoms with Crippen molar-refractivity contribution >= 4 is 17.4 Å². The number of methoxy groups -OCH3 is 1. The van der Waals surface area contributed by atoms with Gasteiger partial charge in [0.1, 0.15) is 11.4 Å². The molecule has 0 amide bonds. The predicted octanol–water partition coefficient (Wildman–Crippen LogP) is 4.14. The highest BCUT2D eigenvalue weighted by Gasteiger charge is 2.17. The van der Waals surface area contributed by atoms with Crippen molar-refractivity contribution in [3.63, 3.8) is 0 Å². The molecule has 0 aliphatic rings.